The van der Waals surface area contributed by atoms with Crippen molar-refractivity contribution < 1.29 is 9.59 Å². The number of rotatable bonds is 6. The first-order valence-corrected chi connectivity index (χ1v) is 9.86. The van der Waals surface area contributed by atoms with E-state index < -0.39 is 6.04 Å². The van der Waals surface area contributed by atoms with Gasteiger partial charge in [0.2, 0.25) is 5.91 Å². The molecule has 2 rings (SSSR count). The Morgan fingerprint density at radius 3 is 2.50 bits per heavy atom. The van der Waals surface area contributed by atoms with Gasteiger partial charge in [0.15, 0.2) is 0 Å². The molecule has 0 radical (unpaired) electrons. The average molecular weight is 351 g/mol. The Kier molecular flexibility index (Phi) is 6.44. The van der Waals surface area contributed by atoms with Crippen LogP contribution in [-0.4, -0.2) is 23.9 Å². The monoisotopic (exact) mass is 350 g/mol. The lowest BCUT2D eigenvalue weighted by Gasteiger charge is -2.39. The van der Waals surface area contributed by atoms with Gasteiger partial charge in [0.05, 0.1) is 4.88 Å². The predicted octanol–water partition coefficient (Wildman–Crippen LogP) is 3.98. The summed E-state index contributed by atoms with van der Waals surface area (Å²) in [4.78, 5) is 25.0. The number of carbonyl (C=O) groups is 2. The highest BCUT2D eigenvalue weighted by Gasteiger charge is 2.32. The highest BCUT2D eigenvalue weighted by atomic mass is 32.1. The molecule has 1 atom stereocenters. The predicted molar refractivity (Wildman–Crippen MR) is 99.2 cm³/mol. The van der Waals surface area contributed by atoms with Gasteiger partial charge in [-0.2, -0.15) is 0 Å². The van der Waals surface area contributed by atoms with Crippen LogP contribution in [-0.2, 0) is 4.79 Å². The van der Waals surface area contributed by atoms with Gasteiger partial charge in [-0.3, -0.25) is 9.59 Å². The van der Waals surface area contributed by atoms with E-state index in [1.165, 1.54) is 30.6 Å². The zero-order valence-electron chi connectivity index (χ0n) is 15.2. The van der Waals surface area contributed by atoms with Gasteiger partial charge in [-0.1, -0.05) is 33.3 Å². The Balaban J connectivity index is 1.78. The smallest absolute Gasteiger partial charge is 0.261 e. The van der Waals surface area contributed by atoms with Crippen LogP contribution >= 0.6 is 11.3 Å². The minimum Gasteiger partial charge on any atom is -0.352 e. The molecule has 1 heterocycles. The Bertz CT molecular complexity index is 546. The second-order valence-corrected chi connectivity index (χ2v) is 8.52. The molecule has 0 aromatic carbocycles. The molecule has 1 aliphatic carbocycles. The summed E-state index contributed by atoms with van der Waals surface area (Å²) < 4.78 is 0. The largest absolute Gasteiger partial charge is 0.352 e. The molecule has 1 saturated carbocycles. The van der Waals surface area contributed by atoms with E-state index in [9.17, 15) is 9.59 Å². The first kappa shape index (κ1) is 19.0. The molecular weight excluding hydrogens is 320 g/mol. The van der Waals surface area contributed by atoms with E-state index in [2.05, 4.69) is 31.4 Å². The molecule has 1 aliphatic rings. The summed E-state index contributed by atoms with van der Waals surface area (Å²) in [6.45, 7) is 8.69. The third-order valence-electron chi connectivity index (χ3n) is 5.58. The van der Waals surface area contributed by atoms with Gasteiger partial charge < -0.3 is 10.6 Å². The third kappa shape index (κ3) is 4.82. The van der Waals surface area contributed by atoms with Crippen LogP contribution in [0.5, 0.6) is 0 Å². The maximum Gasteiger partial charge on any atom is 0.261 e. The fourth-order valence-electron chi connectivity index (χ4n) is 3.38. The molecule has 0 saturated heterocycles. The molecule has 0 aliphatic heterocycles. The summed E-state index contributed by atoms with van der Waals surface area (Å²) in [7, 11) is 0. The zero-order valence-corrected chi connectivity index (χ0v) is 16.0. The molecule has 5 heteroatoms. The van der Waals surface area contributed by atoms with E-state index in [1.807, 2.05) is 11.4 Å². The van der Waals surface area contributed by atoms with Crippen LogP contribution in [0.2, 0.25) is 0 Å². The number of hydrogen-bond donors (Lipinski definition) is 2. The second-order valence-electron chi connectivity index (χ2n) is 7.57. The van der Waals surface area contributed by atoms with Crippen molar-refractivity contribution in [3.8, 4) is 0 Å². The van der Waals surface area contributed by atoms with Gasteiger partial charge >= 0.3 is 0 Å². The van der Waals surface area contributed by atoms with E-state index in [1.54, 1.807) is 13.0 Å². The SMILES string of the molecule is CCC(C)(C)C1CCC(NC(=O)C(C)NC(=O)c2cccs2)CC1. The Labute approximate surface area is 149 Å². The van der Waals surface area contributed by atoms with Crippen LogP contribution in [0, 0.1) is 11.3 Å². The molecule has 2 amide bonds. The maximum atomic E-state index is 12.3. The lowest BCUT2D eigenvalue weighted by Crippen LogP contribution is -2.49. The Morgan fingerprint density at radius 1 is 1.29 bits per heavy atom. The summed E-state index contributed by atoms with van der Waals surface area (Å²) in [6, 6.07) is 3.33. The van der Waals surface area contributed by atoms with E-state index >= 15 is 0 Å². The van der Waals surface area contributed by atoms with Crippen molar-refractivity contribution in [1.29, 1.82) is 0 Å². The van der Waals surface area contributed by atoms with E-state index in [0.29, 0.717) is 10.3 Å². The van der Waals surface area contributed by atoms with Crippen molar-refractivity contribution in [2.45, 2.75) is 71.9 Å². The fraction of sp³-hybridized carbons (Fsp3) is 0.684. The van der Waals surface area contributed by atoms with Crippen molar-refractivity contribution in [2.75, 3.05) is 0 Å². The van der Waals surface area contributed by atoms with Gasteiger partial charge in [-0.05, 0) is 55.4 Å². The number of amides is 2. The lowest BCUT2D eigenvalue weighted by atomic mass is 9.69. The fourth-order valence-corrected chi connectivity index (χ4v) is 4.00. The molecule has 1 aromatic heterocycles. The molecular formula is C19H30N2O2S. The van der Waals surface area contributed by atoms with E-state index in [4.69, 9.17) is 0 Å². The normalized spacial score (nSPS) is 22.7. The van der Waals surface area contributed by atoms with E-state index in [-0.39, 0.29) is 17.9 Å². The van der Waals surface area contributed by atoms with Gasteiger partial charge in [0.25, 0.3) is 5.91 Å². The van der Waals surface area contributed by atoms with Crippen molar-refractivity contribution in [3.63, 3.8) is 0 Å². The quantitative estimate of drug-likeness (QED) is 0.815. The number of thiophene rings is 1. The first-order valence-electron chi connectivity index (χ1n) is 8.98. The second kappa shape index (κ2) is 8.15. The maximum absolute atomic E-state index is 12.3. The van der Waals surface area contributed by atoms with Gasteiger partial charge in [0.1, 0.15) is 6.04 Å². The Hall–Kier alpha value is -1.36. The van der Waals surface area contributed by atoms with Crippen LogP contribution in [0.15, 0.2) is 17.5 Å². The topological polar surface area (TPSA) is 58.2 Å². The zero-order chi connectivity index (χ0) is 17.7. The van der Waals surface area contributed by atoms with Crippen LogP contribution in [0.4, 0.5) is 0 Å². The molecule has 1 unspecified atom stereocenters. The standard InChI is InChI=1S/C19H30N2O2S/c1-5-19(3,4)14-8-10-15(11-9-14)21-17(22)13(2)20-18(23)16-7-6-12-24-16/h6-7,12-15H,5,8-11H2,1-4H3,(H,20,23)(H,21,22). The molecule has 2 N–H and O–H groups in total. The van der Waals surface area contributed by atoms with Gasteiger partial charge in [0, 0.05) is 6.04 Å². The van der Waals surface area contributed by atoms with Gasteiger partial charge in [-0.25, -0.2) is 0 Å². The number of hydrogen-bond acceptors (Lipinski definition) is 3. The highest BCUT2D eigenvalue weighted by Crippen LogP contribution is 2.40. The van der Waals surface area contributed by atoms with Crippen molar-refractivity contribution in [1.82, 2.24) is 10.6 Å². The lowest BCUT2D eigenvalue weighted by molar-refractivity contribution is -0.123. The summed E-state index contributed by atoms with van der Waals surface area (Å²) in [5.74, 6) is 0.478. The van der Waals surface area contributed by atoms with Crippen molar-refractivity contribution in [3.05, 3.63) is 22.4 Å². The summed E-state index contributed by atoms with van der Waals surface area (Å²) >= 11 is 1.38. The highest BCUT2D eigenvalue weighted by molar-refractivity contribution is 7.12. The summed E-state index contributed by atoms with van der Waals surface area (Å²) in [6.07, 6.45) is 5.60. The van der Waals surface area contributed by atoms with Crippen LogP contribution in [0.3, 0.4) is 0 Å². The van der Waals surface area contributed by atoms with Crippen LogP contribution in [0.1, 0.15) is 69.5 Å². The summed E-state index contributed by atoms with van der Waals surface area (Å²) in [5.41, 5.74) is 0.386. The Morgan fingerprint density at radius 2 is 1.96 bits per heavy atom. The third-order valence-corrected chi connectivity index (χ3v) is 6.44. The minimum atomic E-state index is -0.510. The van der Waals surface area contributed by atoms with Crippen LogP contribution in [0.25, 0.3) is 0 Å². The van der Waals surface area contributed by atoms with Crippen molar-refractivity contribution >= 4 is 23.2 Å². The van der Waals surface area contributed by atoms with Crippen LogP contribution < -0.4 is 10.6 Å². The molecule has 0 spiro atoms. The summed E-state index contributed by atoms with van der Waals surface area (Å²) in [5, 5.41) is 7.74. The molecule has 1 aromatic rings. The first-order chi connectivity index (χ1) is 11.3. The minimum absolute atomic E-state index is 0.0851. The van der Waals surface area contributed by atoms with Crippen molar-refractivity contribution in [2.24, 2.45) is 11.3 Å². The number of nitrogens with one attached hydrogen (secondary N) is 2. The molecule has 0 bridgehead atoms. The molecule has 24 heavy (non-hydrogen) atoms. The van der Waals surface area contributed by atoms with Gasteiger partial charge in [-0.15, -0.1) is 11.3 Å². The molecule has 4 nitrogen and oxygen atoms in total. The van der Waals surface area contributed by atoms with E-state index in [0.717, 1.165) is 18.8 Å². The molecule has 1 fully saturated rings. The molecule has 134 valence electrons. The average Bonchev–Trinajstić information content (AvgIpc) is 3.10. The number of carbonyl (C=O) groups excluding carboxylic acids is 2.